The number of benzene rings is 1. The SMILES string of the molecule is COc1cc(Cl)cc2c1ccn2C#C[Si](C(C)C)(C(C)C)C(C)C. The summed E-state index contributed by atoms with van der Waals surface area (Å²) in [5.74, 6) is 0.790. The lowest BCUT2D eigenvalue weighted by Crippen LogP contribution is -2.43. The summed E-state index contributed by atoms with van der Waals surface area (Å²) in [6.07, 6.45) is 2.01. The lowest BCUT2D eigenvalue weighted by molar-refractivity contribution is 0.420. The van der Waals surface area contributed by atoms with Gasteiger partial charge in [0.1, 0.15) is 13.8 Å². The molecule has 0 aliphatic rings. The molecule has 0 unspecified atom stereocenters. The van der Waals surface area contributed by atoms with Crippen LogP contribution in [0, 0.1) is 11.6 Å². The van der Waals surface area contributed by atoms with Crippen LogP contribution in [0.3, 0.4) is 0 Å². The number of methoxy groups -OCH3 is 1. The van der Waals surface area contributed by atoms with Crippen molar-refractivity contribution >= 4 is 30.6 Å². The van der Waals surface area contributed by atoms with E-state index in [1.807, 2.05) is 29.0 Å². The first-order valence-corrected chi connectivity index (χ1v) is 11.2. The van der Waals surface area contributed by atoms with E-state index in [9.17, 15) is 0 Å². The van der Waals surface area contributed by atoms with Crippen LogP contribution in [0.15, 0.2) is 24.4 Å². The Bertz CT molecular complexity index is 758. The highest BCUT2D eigenvalue weighted by Crippen LogP contribution is 2.40. The van der Waals surface area contributed by atoms with E-state index >= 15 is 0 Å². The minimum absolute atomic E-state index is 0.616. The zero-order chi connectivity index (χ0) is 18.1. The van der Waals surface area contributed by atoms with Crippen LogP contribution in [0.2, 0.25) is 21.6 Å². The second kappa shape index (κ2) is 7.25. The number of hydrogen-bond acceptors (Lipinski definition) is 1. The van der Waals surface area contributed by atoms with Crippen molar-refractivity contribution in [1.29, 1.82) is 0 Å². The molecule has 0 atom stereocenters. The second-order valence-electron chi connectivity index (χ2n) is 7.36. The van der Waals surface area contributed by atoms with Gasteiger partial charge in [0, 0.05) is 22.7 Å². The van der Waals surface area contributed by atoms with Gasteiger partial charge >= 0.3 is 0 Å². The normalized spacial score (nSPS) is 12.1. The van der Waals surface area contributed by atoms with Crippen molar-refractivity contribution in [2.45, 2.75) is 58.2 Å². The lowest BCUT2D eigenvalue weighted by Gasteiger charge is -2.37. The Morgan fingerprint density at radius 3 is 2.12 bits per heavy atom. The first kappa shape index (κ1) is 19.0. The molecule has 0 aliphatic carbocycles. The van der Waals surface area contributed by atoms with Crippen LogP contribution in [0.5, 0.6) is 5.75 Å². The maximum atomic E-state index is 6.24. The molecule has 0 bridgehead atoms. The quantitative estimate of drug-likeness (QED) is 0.458. The van der Waals surface area contributed by atoms with Crippen LogP contribution in [0.4, 0.5) is 0 Å². The van der Waals surface area contributed by atoms with Crippen LogP contribution >= 0.6 is 11.6 Å². The molecule has 1 aromatic carbocycles. The molecule has 130 valence electrons. The Balaban J connectivity index is 2.61. The molecule has 0 fully saturated rings. The molecule has 0 spiro atoms. The van der Waals surface area contributed by atoms with Gasteiger partial charge in [0.15, 0.2) is 0 Å². The van der Waals surface area contributed by atoms with Gasteiger partial charge in [-0.25, -0.2) is 0 Å². The fraction of sp³-hybridized carbons (Fsp3) is 0.500. The predicted molar refractivity (Wildman–Crippen MR) is 108 cm³/mol. The lowest BCUT2D eigenvalue weighted by atomic mass is 10.2. The summed E-state index contributed by atoms with van der Waals surface area (Å²) in [7, 11) is -0.0838. The number of nitrogens with zero attached hydrogens (tertiary/aromatic N) is 1. The summed E-state index contributed by atoms with van der Waals surface area (Å²) in [6, 6.07) is 9.29. The van der Waals surface area contributed by atoms with E-state index in [1.165, 1.54) is 0 Å². The van der Waals surface area contributed by atoms with E-state index in [1.54, 1.807) is 7.11 Å². The van der Waals surface area contributed by atoms with Crippen molar-refractivity contribution in [1.82, 2.24) is 4.57 Å². The molecule has 2 aromatic rings. The number of halogens is 1. The predicted octanol–water partition coefficient (Wildman–Crippen LogP) is 6.33. The molecule has 4 heteroatoms. The van der Waals surface area contributed by atoms with E-state index < -0.39 is 8.07 Å². The molecule has 2 nitrogen and oxygen atoms in total. The van der Waals surface area contributed by atoms with Gasteiger partial charge in [-0.3, -0.25) is 4.57 Å². The average molecular weight is 362 g/mol. The third kappa shape index (κ3) is 3.23. The maximum Gasteiger partial charge on any atom is 0.148 e. The van der Waals surface area contributed by atoms with Crippen molar-refractivity contribution in [3.63, 3.8) is 0 Å². The molecule has 0 N–H and O–H groups in total. The van der Waals surface area contributed by atoms with E-state index in [2.05, 4.69) is 53.1 Å². The van der Waals surface area contributed by atoms with E-state index in [0.717, 1.165) is 16.7 Å². The topological polar surface area (TPSA) is 14.2 Å². The fourth-order valence-corrected chi connectivity index (χ4v) is 9.41. The van der Waals surface area contributed by atoms with Crippen molar-refractivity contribution in [3.05, 3.63) is 29.4 Å². The van der Waals surface area contributed by atoms with Gasteiger partial charge in [-0.2, -0.15) is 0 Å². The van der Waals surface area contributed by atoms with Gasteiger partial charge in [0.25, 0.3) is 0 Å². The standard InChI is InChI=1S/C20H28ClNOSi/c1-14(2)24(15(3)4,16(5)6)11-10-22-9-8-18-19(22)12-17(21)13-20(18)23-7/h8-9,12-16H,1-7H3. The Morgan fingerprint density at radius 1 is 1.04 bits per heavy atom. The van der Waals surface area contributed by atoms with Gasteiger partial charge in [0.2, 0.25) is 0 Å². The molecule has 24 heavy (non-hydrogen) atoms. The smallest absolute Gasteiger partial charge is 0.148 e. The highest BCUT2D eigenvalue weighted by atomic mass is 35.5. The zero-order valence-corrected chi connectivity index (χ0v) is 17.5. The van der Waals surface area contributed by atoms with Crippen LogP contribution in [0.1, 0.15) is 41.5 Å². The van der Waals surface area contributed by atoms with Gasteiger partial charge < -0.3 is 4.74 Å². The number of fused-ring (bicyclic) bond motifs is 1. The summed E-state index contributed by atoms with van der Waals surface area (Å²) < 4.78 is 7.44. The molecule has 0 amide bonds. The van der Waals surface area contributed by atoms with Gasteiger partial charge in [-0.15, -0.1) is 5.54 Å². The summed E-state index contributed by atoms with van der Waals surface area (Å²) in [5.41, 5.74) is 6.60. The van der Waals surface area contributed by atoms with Crippen LogP contribution in [-0.4, -0.2) is 19.8 Å². The van der Waals surface area contributed by atoms with Crippen molar-refractivity contribution in [2.24, 2.45) is 0 Å². The van der Waals surface area contributed by atoms with Gasteiger partial charge in [0.05, 0.1) is 12.6 Å². The average Bonchev–Trinajstić information content (AvgIpc) is 2.89. The van der Waals surface area contributed by atoms with Crippen LogP contribution < -0.4 is 4.74 Å². The molecular weight excluding hydrogens is 334 g/mol. The molecule has 0 saturated carbocycles. The summed E-state index contributed by atoms with van der Waals surface area (Å²) >= 11 is 6.24. The Hall–Kier alpha value is -1.37. The highest BCUT2D eigenvalue weighted by molar-refractivity contribution is 6.90. The number of aromatic nitrogens is 1. The first-order valence-electron chi connectivity index (χ1n) is 8.61. The largest absolute Gasteiger partial charge is 0.496 e. The molecule has 1 aromatic heterocycles. The monoisotopic (exact) mass is 361 g/mol. The molecule has 0 saturated heterocycles. The Morgan fingerprint density at radius 2 is 1.62 bits per heavy atom. The minimum Gasteiger partial charge on any atom is -0.496 e. The molecule has 0 aliphatic heterocycles. The van der Waals surface area contributed by atoms with Crippen molar-refractivity contribution < 1.29 is 4.74 Å². The summed E-state index contributed by atoms with van der Waals surface area (Å²) in [4.78, 5) is 0. The van der Waals surface area contributed by atoms with Gasteiger partial charge in [-0.05, 0) is 34.8 Å². The van der Waals surface area contributed by atoms with Crippen molar-refractivity contribution in [3.8, 4) is 17.3 Å². The van der Waals surface area contributed by atoms with E-state index in [-0.39, 0.29) is 0 Å². The molecule has 2 rings (SSSR count). The number of rotatable bonds is 4. The molecular formula is C20H28ClNOSi. The van der Waals surface area contributed by atoms with Crippen molar-refractivity contribution in [2.75, 3.05) is 7.11 Å². The summed E-state index contributed by atoms with van der Waals surface area (Å²) in [6.45, 7) is 14.0. The van der Waals surface area contributed by atoms with Crippen LogP contribution in [0.25, 0.3) is 10.9 Å². The summed E-state index contributed by atoms with van der Waals surface area (Å²) in [5, 5.41) is 1.71. The fourth-order valence-electron chi connectivity index (χ4n) is 4.03. The highest BCUT2D eigenvalue weighted by Gasteiger charge is 2.41. The number of ether oxygens (including phenoxy) is 1. The minimum atomic E-state index is -1.75. The Labute approximate surface area is 152 Å². The third-order valence-corrected chi connectivity index (χ3v) is 11.7. The van der Waals surface area contributed by atoms with Crippen LogP contribution in [-0.2, 0) is 0 Å². The Kier molecular flexibility index (Phi) is 5.73. The van der Waals surface area contributed by atoms with E-state index in [0.29, 0.717) is 21.6 Å². The van der Waals surface area contributed by atoms with E-state index in [4.69, 9.17) is 16.3 Å². The zero-order valence-electron chi connectivity index (χ0n) is 15.8. The number of hydrogen-bond donors (Lipinski definition) is 0. The maximum absolute atomic E-state index is 6.24. The van der Waals surface area contributed by atoms with Gasteiger partial charge in [-0.1, -0.05) is 53.1 Å². The third-order valence-electron chi connectivity index (χ3n) is 5.21. The molecule has 0 radical (unpaired) electrons. The molecule has 1 heterocycles. The first-order chi connectivity index (χ1) is 11.2. The second-order valence-corrected chi connectivity index (χ2v) is 13.4.